The summed E-state index contributed by atoms with van der Waals surface area (Å²) in [5, 5.41) is 59.7. The predicted octanol–water partition coefficient (Wildman–Crippen LogP) is 0.368. The Morgan fingerprint density at radius 2 is 1.62 bits per heavy atom. The second-order valence-electron chi connectivity index (χ2n) is 7.82. The molecule has 0 unspecified atom stereocenters. The second kappa shape index (κ2) is 10.7. The van der Waals surface area contributed by atoms with Crippen LogP contribution in [0.2, 0.25) is 0 Å². The van der Waals surface area contributed by atoms with Gasteiger partial charge in [-0.3, -0.25) is 9.59 Å². The van der Waals surface area contributed by atoms with E-state index in [-0.39, 0.29) is 23.5 Å². The predicted molar refractivity (Wildman–Crippen MR) is 114 cm³/mol. The first kappa shape index (κ1) is 25.2. The van der Waals surface area contributed by atoms with E-state index in [1.165, 1.54) is 12.1 Å². The first-order valence-electron chi connectivity index (χ1n) is 10.4. The first-order chi connectivity index (χ1) is 16.1. The summed E-state index contributed by atoms with van der Waals surface area (Å²) in [6.07, 6.45) is -7.18. The minimum absolute atomic E-state index is 0.0331. The van der Waals surface area contributed by atoms with Crippen molar-refractivity contribution < 1.29 is 54.4 Å². The summed E-state index contributed by atoms with van der Waals surface area (Å²) in [5.41, 5.74) is 0.450. The van der Waals surface area contributed by atoms with E-state index in [9.17, 15) is 40.2 Å². The number of phenolic OH excluding ortho intramolecular Hbond substituents is 3. The zero-order chi connectivity index (χ0) is 25.0. The van der Waals surface area contributed by atoms with E-state index in [4.69, 9.17) is 14.2 Å². The van der Waals surface area contributed by atoms with Crippen LogP contribution in [0.5, 0.6) is 23.0 Å². The third-order valence-electron chi connectivity index (χ3n) is 5.30. The van der Waals surface area contributed by atoms with Gasteiger partial charge in [0.25, 0.3) is 0 Å². The van der Waals surface area contributed by atoms with E-state index in [0.29, 0.717) is 6.42 Å². The van der Waals surface area contributed by atoms with Gasteiger partial charge in [0.15, 0.2) is 11.9 Å². The Labute approximate surface area is 194 Å². The Balaban J connectivity index is 1.76. The molecule has 0 aliphatic carbocycles. The topological polar surface area (TPSA) is 183 Å². The molecule has 5 atom stereocenters. The fraction of sp³-hybridized carbons (Fsp3) is 0.391. The number of ketones is 1. The number of aliphatic hydroxyl groups is 3. The van der Waals surface area contributed by atoms with Crippen LogP contribution in [0.4, 0.5) is 0 Å². The molecule has 11 nitrogen and oxygen atoms in total. The molecule has 1 aliphatic rings. The van der Waals surface area contributed by atoms with Crippen LogP contribution in [0, 0.1) is 0 Å². The van der Waals surface area contributed by atoms with Gasteiger partial charge < -0.3 is 44.8 Å². The second-order valence-corrected chi connectivity index (χ2v) is 7.82. The van der Waals surface area contributed by atoms with Gasteiger partial charge in [0.05, 0.1) is 6.61 Å². The number of aryl methyl sites for hydroxylation is 1. The summed E-state index contributed by atoms with van der Waals surface area (Å²) in [6, 6.07) is 8.32. The molecule has 0 amide bonds. The summed E-state index contributed by atoms with van der Waals surface area (Å²) < 4.78 is 15.9. The minimum Gasteiger partial charge on any atom is -0.508 e. The molecule has 0 saturated carbocycles. The molecule has 2 aromatic rings. The van der Waals surface area contributed by atoms with Crippen molar-refractivity contribution in [2.24, 2.45) is 0 Å². The number of carbonyl (C=O) groups is 2. The summed E-state index contributed by atoms with van der Waals surface area (Å²) in [7, 11) is 0. The Morgan fingerprint density at radius 3 is 2.18 bits per heavy atom. The van der Waals surface area contributed by atoms with Crippen molar-refractivity contribution in [3.8, 4) is 23.0 Å². The molecule has 0 bridgehead atoms. The zero-order valence-corrected chi connectivity index (χ0v) is 18.2. The average Bonchev–Trinajstić information content (AvgIpc) is 2.77. The van der Waals surface area contributed by atoms with E-state index in [1.807, 2.05) is 0 Å². The van der Waals surface area contributed by atoms with E-state index in [1.54, 1.807) is 12.1 Å². The summed E-state index contributed by atoms with van der Waals surface area (Å²) in [5.74, 6) is -2.59. The number of hydrogen-bond acceptors (Lipinski definition) is 11. The fourth-order valence-corrected chi connectivity index (χ4v) is 3.59. The normalized spacial score (nSPS) is 24.4. The highest BCUT2D eigenvalue weighted by Gasteiger charge is 2.47. The maximum Gasteiger partial charge on any atom is 0.303 e. The van der Waals surface area contributed by atoms with E-state index >= 15 is 0 Å². The number of ether oxygens (including phenoxy) is 3. The van der Waals surface area contributed by atoms with Crippen molar-refractivity contribution >= 4 is 11.8 Å². The SMILES string of the molecule is CC(=O)O[C@@H]1[C@@H](Oc2cc(O)c(C(=O)CCc3ccc(O)cc3)c(O)c2)O[C@@H](CO)[C@H](O)[C@H]1O. The number of hydrogen-bond donors (Lipinski definition) is 6. The van der Waals surface area contributed by atoms with Crippen molar-refractivity contribution in [3.05, 3.63) is 47.5 Å². The molecule has 2 aromatic carbocycles. The molecular formula is C23H26O11. The highest BCUT2D eigenvalue weighted by Crippen LogP contribution is 2.35. The molecule has 0 aromatic heterocycles. The Morgan fingerprint density at radius 1 is 1.00 bits per heavy atom. The van der Waals surface area contributed by atoms with E-state index < -0.39 is 60.6 Å². The lowest BCUT2D eigenvalue weighted by Gasteiger charge is -2.41. The zero-order valence-electron chi connectivity index (χ0n) is 18.2. The number of phenols is 3. The molecule has 1 heterocycles. The number of esters is 1. The summed E-state index contributed by atoms with van der Waals surface area (Å²) >= 11 is 0. The number of benzene rings is 2. The quantitative estimate of drug-likeness (QED) is 0.228. The smallest absolute Gasteiger partial charge is 0.303 e. The molecule has 0 radical (unpaired) electrons. The van der Waals surface area contributed by atoms with Crippen LogP contribution in [0.25, 0.3) is 0 Å². The van der Waals surface area contributed by atoms with E-state index in [0.717, 1.165) is 24.6 Å². The maximum atomic E-state index is 12.6. The molecule has 1 saturated heterocycles. The molecule has 0 spiro atoms. The number of rotatable bonds is 8. The van der Waals surface area contributed by atoms with Crippen LogP contribution in [0.3, 0.4) is 0 Å². The maximum absolute atomic E-state index is 12.6. The Kier molecular flexibility index (Phi) is 7.94. The highest BCUT2D eigenvalue weighted by atomic mass is 16.7. The molecule has 3 rings (SSSR count). The van der Waals surface area contributed by atoms with Crippen LogP contribution in [-0.2, 0) is 20.7 Å². The molecule has 34 heavy (non-hydrogen) atoms. The lowest BCUT2D eigenvalue weighted by molar-refractivity contribution is -0.281. The molecule has 1 aliphatic heterocycles. The number of aliphatic hydroxyl groups excluding tert-OH is 3. The highest BCUT2D eigenvalue weighted by molar-refractivity contribution is 6.01. The van der Waals surface area contributed by atoms with Gasteiger partial charge in [0.1, 0.15) is 46.9 Å². The minimum atomic E-state index is -1.65. The van der Waals surface area contributed by atoms with Gasteiger partial charge in [0, 0.05) is 25.5 Å². The first-order valence-corrected chi connectivity index (χ1v) is 10.4. The molecular weight excluding hydrogens is 452 g/mol. The van der Waals surface area contributed by atoms with Gasteiger partial charge >= 0.3 is 5.97 Å². The number of aromatic hydroxyl groups is 3. The molecule has 184 valence electrons. The van der Waals surface area contributed by atoms with E-state index in [2.05, 4.69) is 0 Å². The van der Waals surface area contributed by atoms with Crippen LogP contribution in [-0.4, -0.2) is 79.7 Å². The lowest BCUT2D eigenvalue weighted by atomic mass is 9.99. The number of Topliss-reactive ketones (excluding diaryl/α,β-unsaturated/α-hetero) is 1. The van der Waals surface area contributed by atoms with Crippen molar-refractivity contribution in [1.29, 1.82) is 0 Å². The molecule has 1 fully saturated rings. The van der Waals surface area contributed by atoms with Gasteiger partial charge in [-0.1, -0.05) is 12.1 Å². The number of carbonyl (C=O) groups excluding carboxylic acids is 2. The van der Waals surface area contributed by atoms with Crippen LogP contribution in [0.1, 0.15) is 29.3 Å². The average molecular weight is 478 g/mol. The van der Waals surface area contributed by atoms with Crippen LogP contribution >= 0.6 is 0 Å². The van der Waals surface area contributed by atoms with Crippen molar-refractivity contribution in [2.75, 3.05) is 6.61 Å². The van der Waals surface area contributed by atoms with Crippen molar-refractivity contribution in [2.45, 2.75) is 50.5 Å². The third-order valence-corrected chi connectivity index (χ3v) is 5.30. The summed E-state index contributed by atoms with van der Waals surface area (Å²) in [4.78, 5) is 24.0. The van der Waals surface area contributed by atoms with Gasteiger partial charge in [-0.25, -0.2) is 0 Å². The fourth-order valence-electron chi connectivity index (χ4n) is 3.59. The molecule has 6 N–H and O–H groups in total. The monoisotopic (exact) mass is 478 g/mol. The van der Waals surface area contributed by atoms with Crippen LogP contribution in [0.15, 0.2) is 36.4 Å². The van der Waals surface area contributed by atoms with Crippen molar-refractivity contribution in [3.63, 3.8) is 0 Å². The van der Waals surface area contributed by atoms with Gasteiger partial charge in [-0.2, -0.15) is 0 Å². The standard InChI is InChI=1S/C23H26O11/c1-11(25)32-22-21(31)20(30)18(10-24)34-23(22)33-14-8-16(28)19(17(29)9-14)15(27)7-4-12-2-5-13(26)6-3-12/h2-3,5-6,8-9,18,20-24,26,28-31H,4,7,10H2,1H3/t18-,20-,21+,22-,23-/m0/s1. The molecule has 11 heteroatoms. The summed E-state index contributed by atoms with van der Waals surface area (Å²) in [6.45, 7) is 0.403. The Bertz CT molecular complexity index is 997. The van der Waals surface area contributed by atoms with Gasteiger partial charge in [-0.15, -0.1) is 0 Å². The van der Waals surface area contributed by atoms with Crippen molar-refractivity contribution in [1.82, 2.24) is 0 Å². The van der Waals surface area contributed by atoms with Gasteiger partial charge in [-0.05, 0) is 24.1 Å². The van der Waals surface area contributed by atoms with Crippen LogP contribution < -0.4 is 4.74 Å². The Hall–Kier alpha value is -3.38. The van der Waals surface area contributed by atoms with Gasteiger partial charge in [0.2, 0.25) is 6.29 Å². The largest absolute Gasteiger partial charge is 0.508 e. The lowest BCUT2D eigenvalue weighted by Crippen LogP contribution is -2.61. The third kappa shape index (κ3) is 5.75.